The Morgan fingerprint density at radius 1 is 1.43 bits per heavy atom. The number of methoxy groups -OCH3 is 1. The summed E-state index contributed by atoms with van der Waals surface area (Å²) in [5, 5.41) is 11.4. The van der Waals surface area contributed by atoms with Crippen LogP contribution in [0.4, 0.5) is 4.39 Å². The van der Waals surface area contributed by atoms with E-state index in [1.54, 1.807) is 6.07 Å². The molecule has 0 aliphatic carbocycles. The minimum atomic E-state index is -0.881. The summed E-state index contributed by atoms with van der Waals surface area (Å²) in [5.41, 5.74) is 0.539. The van der Waals surface area contributed by atoms with Crippen LogP contribution in [0.15, 0.2) is 18.2 Å². The van der Waals surface area contributed by atoms with E-state index in [-0.39, 0.29) is 30.4 Å². The maximum Gasteiger partial charge on any atom is 0.303 e. The first-order valence-corrected chi connectivity index (χ1v) is 6.77. The van der Waals surface area contributed by atoms with Gasteiger partial charge in [0.25, 0.3) is 0 Å². The maximum atomic E-state index is 13.5. The molecule has 116 valence electrons. The van der Waals surface area contributed by atoms with Gasteiger partial charge in [0.05, 0.1) is 13.5 Å². The van der Waals surface area contributed by atoms with Crippen LogP contribution < -0.4 is 10.1 Å². The first-order valence-electron chi connectivity index (χ1n) is 6.77. The number of ether oxygens (including phenoxy) is 1. The van der Waals surface area contributed by atoms with Gasteiger partial charge in [0.2, 0.25) is 5.91 Å². The molecule has 0 aromatic heterocycles. The van der Waals surface area contributed by atoms with Gasteiger partial charge < -0.3 is 15.2 Å². The highest BCUT2D eigenvalue weighted by atomic mass is 19.1. The minimum absolute atomic E-state index is 0.0218. The molecule has 2 N–H and O–H groups in total. The lowest BCUT2D eigenvalue weighted by atomic mass is 10.0. The number of hydrogen-bond donors (Lipinski definition) is 2. The predicted octanol–water partition coefficient (Wildman–Crippen LogP) is 1.99. The zero-order valence-electron chi connectivity index (χ0n) is 12.2. The number of halogens is 1. The standard InChI is InChI=1S/C15H20FNO4/c1-3-10(8-15(19)20)9-17-14(18)7-11-4-5-13(21-2)12(16)6-11/h4-6,10H,3,7-9H2,1-2H3,(H,17,18)(H,19,20). The van der Waals surface area contributed by atoms with Gasteiger partial charge in [-0.2, -0.15) is 0 Å². The zero-order valence-corrected chi connectivity index (χ0v) is 12.2. The lowest BCUT2D eigenvalue weighted by molar-refractivity contribution is -0.138. The Kier molecular flexibility index (Phi) is 6.65. The monoisotopic (exact) mass is 297 g/mol. The Balaban J connectivity index is 2.50. The number of amides is 1. The molecule has 1 atom stereocenters. The lowest BCUT2D eigenvalue weighted by Crippen LogP contribution is -2.31. The summed E-state index contributed by atoms with van der Waals surface area (Å²) in [4.78, 5) is 22.4. The highest BCUT2D eigenvalue weighted by Gasteiger charge is 2.13. The summed E-state index contributed by atoms with van der Waals surface area (Å²) in [6, 6.07) is 4.35. The maximum absolute atomic E-state index is 13.5. The molecule has 0 spiro atoms. The van der Waals surface area contributed by atoms with Crippen molar-refractivity contribution in [2.75, 3.05) is 13.7 Å². The van der Waals surface area contributed by atoms with Crippen LogP contribution in [0, 0.1) is 11.7 Å². The van der Waals surface area contributed by atoms with Gasteiger partial charge in [0.1, 0.15) is 0 Å². The Bertz CT molecular complexity index is 504. The van der Waals surface area contributed by atoms with E-state index in [0.717, 1.165) is 0 Å². The molecule has 1 rings (SSSR count). The van der Waals surface area contributed by atoms with E-state index in [2.05, 4.69) is 5.32 Å². The van der Waals surface area contributed by atoms with E-state index >= 15 is 0 Å². The van der Waals surface area contributed by atoms with E-state index < -0.39 is 11.8 Å². The average Bonchev–Trinajstić information content (AvgIpc) is 2.43. The van der Waals surface area contributed by atoms with E-state index in [1.807, 2.05) is 6.92 Å². The van der Waals surface area contributed by atoms with Gasteiger partial charge in [0.15, 0.2) is 11.6 Å². The van der Waals surface area contributed by atoms with Crippen LogP contribution in [-0.4, -0.2) is 30.6 Å². The van der Waals surface area contributed by atoms with Gasteiger partial charge in [0, 0.05) is 13.0 Å². The molecular formula is C15H20FNO4. The minimum Gasteiger partial charge on any atom is -0.494 e. The molecule has 6 heteroatoms. The normalized spacial score (nSPS) is 11.8. The number of hydrogen-bond acceptors (Lipinski definition) is 3. The van der Waals surface area contributed by atoms with Crippen LogP contribution in [-0.2, 0) is 16.0 Å². The van der Waals surface area contributed by atoms with Crippen LogP contribution in [0.2, 0.25) is 0 Å². The Labute approximate surface area is 123 Å². The quantitative estimate of drug-likeness (QED) is 0.769. The molecule has 0 heterocycles. The summed E-state index contributed by atoms with van der Waals surface area (Å²) in [6.45, 7) is 2.18. The number of benzene rings is 1. The van der Waals surface area contributed by atoms with E-state index in [9.17, 15) is 14.0 Å². The van der Waals surface area contributed by atoms with E-state index in [1.165, 1.54) is 19.2 Å². The summed E-state index contributed by atoms with van der Waals surface area (Å²) in [6.07, 6.45) is 0.738. The summed E-state index contributed by atoms with van der Waals surface area (Å²) >= 11 is 0. The van der Waals surface area contributed by atoms with Crippen molar-refractivity contribution in [1.29, 1.82) is 0 Å². The highest BCUT2D eigenvalue weighted by Crippen LogP contribution is 2.18. The Morgan fingerprint density at radius 3 is 2.67 bits per heavy atom. The molecule has 1 aromatic rings. The molecule has 0 saturated heterocycles. The second-order valence-electron chi connectivity index (χ2n) is 4.82. The van der Waals surface area contributed by atoms with Crippen molar-refractivity contribution in [3.05, 3.63) is 29.6 Å². The van der Waals surface area contributed by atoms with Crippen LogP contribution >= 0.6 is 0 Å². The van der Waals surface area contributed by atoms with Crippen molar-refractivity contribution in [2.45, 2.75) is 26.2 Å². The van der Waals surface area contributed by atoms with Crippen molar-refractivity contribution >= 4 is 11.9 Å². The van der Waals surface area contributed by atoms with Gasteiger partial charge in [-0.1, -0.05) is 19.4 Å². The lowest BCUT2D eigenvalue weighted by Gasteiger charge is -2.13. The van der Waals surface area contributed by atoms with Gasteiger partial charge in [-0.15, -0.1) is 0 Å². The second-order valence-corrected chi connectivity index (χ2v) is 4.82. The number of nitrogens with one attached hydrogen (secondary N) is 1. The van der Waals surface area contributed by atoms with Gasteiger partial charge in [-0.05, 0) is 23.6 Å². The SMILES string of the molecule is CCC(CNC(=O)Cc1ccc(OC)c(F)c1)CC(=O)O. The molecule has 21 heavy (non-hydrogen) atoms. The number of aliphatic carboxylic acids is 1. The van der Waals surface area contributed by atoms with Gasteiger partial charge in [-0.3, -0.25) is 9.59 Å². The summed E-state index contributed by atoms with van der Waals surface area (Å²) in [7, 11) is 1.37. The fourth-order valence-corrected chi connectivity index (χ4v) is 1.93. The number of carbonyl (C=O) groups excluding carboxylic acids is 1. The van der Waals surface area contributed by atoms with Crippen LogP contribution in [0.25, 0.3) is 0 Å². The number of carbonyl (C=O) groups is 2. The number of rotatable bonds is 8. The molecule has 5 nitrogen and oxygen atoms in total. The van der Waals surface area contributed by atoms with Crippen LogP contribution in [0.3, 0.4) is 0 Å². The number of carboxylic acid groups (broad SMARTS) is 1. The molecule has 0 saturated carbocycles. The largest absolute Gasteiger partial charge is 0.494 e. The first-order chi connectivity index (χ1) is 9.96. The van der Waals surface area contributed by atoms with E-state index in [4.69, 9.17) is 9.84 Å². The number of carboxylic acids is 1. The molecule has 0 fully saturated rings. The summed E-state index contributed by atoms with van der Waals surface area (Å²) < 4.78 is 18.3. The Hall–Kier alpha value is -2.11. The molecule has 1 unspecified atom stereocenters. The zero-order chi connectivity index (χ0) is 15.8. The first kappa shape index (κ1) is 16.9. The molecule has 0 aliphatic heterocycles. The molecular weight excluding hydrogens is 277 g/mol. The fourth-order valence-electron chi connectivity index (χ4n) is 1.93. The van der Waals surface area contributed by atoms with Crippen molar-refractivity contribution < 1.29 is 23.8 Å². The van der Waals surface area contributed by atoms with Crippen molar-refractivity contribution in [1.82, 2.24) is 5.32 Å². The smallest absolute Gasteiger partial charge is 0.303 e. The molecule has 0 radical (unpaired) electrons. The van der Waals surface area contributed by atoms with Crippen LogP contribution in [0.1, 0.15) is 25.3 Å². The summed E-state index contributed by atoms with van der Waals surface area (Å²) in [5.74, 6) is -1.62. The second kappa shape index (κ2) is 8.24. The van der Waals surface area contributed by atoms with Crippen molar-refractivity contribution in [2.24, 2.45) is 5.92 Å². The molecule has 0 bridgehead atoms. The van der Waals surface area contributed by atoms with Gasteiger partial charge in [-0.25, -0.2) is 4.39 Å². The highest BCUT2D eigenvalue weighted by molar-refractivity contribution is 5.78. The molecule has 0 aliphatic rings. The predicted molar refractivity (Wildman–Crippen MR) is 75.7 cm³/mol. The van der Waals surface area contributed by atoms with Crippen LogP contribution in [0.5, 0.6) is 5.75 Å². The third-order valence-corrected chi connectivity index (χ3v) is 3.21. The molecule has 1 amide bonds. The van der Waals surface area contributed by atoms with Crippen molar-refractivity contribution in [3.8, 4) is 5.75 Å². The van der Waals surface area contributed by atoms with Crippen molar-refractivity contribution in [3.63, 3.8) is 0 Å². The van der Waals surface area contributed by atoms with E-state index in [0.29, 0.717) is 18.5 Å². The third-order valence-electron chi connectivity index (χ3n) is 3.21. The topological polar surface area (TPSA) is 75.6 Å². The van der Waals surface area contributed by atoms with Gasteiger partial charge >= 0.3 is 5.97 Å². The average molecular weight is 297 g/mol. The Morgan fingerprint density at radius 2 is 2.14 bits per heavy atom. The molecule has 1 aromatic carbocycles. The third kappa shape index (κ3) is 5.81. The fraction of sp³-hybridized carbons (Fsp3) is 0.467.